The predicted molar refractivity (Wildman–Crippen MR) is 61.0 cm³/mol. The molecule has 0 fully saturated rings. The van der Waals surface area contributed by atoms with Crippen molar-refractivity contribution in [1.82, 2.24) is 5.32 Å². The number of hydrogen-bond acceptors (Lipinski definition) is 4. The number of azide groups is 1. The molecule has 0 aliphatic rings. The maximum absolute atomic E-state index is 11.4. The molecule has 0 aromatic heterocycles. The van der Waals surface area contributed by atoms with E-state index < -0.39 is 23.6 Å². The molecule has 0 aliphatic carbocycles. The van der Waals surface area contributed by atoms with Gasteiger partial charge in [0.1, 0.15) is 11.6 Å². The summed E-state index contributed by atoms with van der Waals surface area (Å²) in [4.78, 5) is 24.9. The Bertz CT molecular complexity index is 330. The largest absolute Gasteiger partial charge is 0.444 e. The van der Waals surface area contributed by atoms with Gasteiger partial charge in [0.05, 0.1) is 0 Å². The Morgan fingerprint density at radius 3 is 2.53 bits per heavy atom. The topological polar surface area (TPSA) is 130 Å². The average molecular weight is 243 g/mol. The number of alkyl carbamates (subject to hydrolysis) is 1. The number of carbonyl (C=O) groups is 2. The summed E-state index contributed by atoms with van der Waals surface area (Å²) < 4.78 is 4.96. The Hall–Kier alpha value is -1.95. The fourth-order valence-corrected chi connectivity index (χ4v) is 0.967. The van der Waals surface area contributed by atoms with Crippen molar-refractivity contribution in [3.63, 3.8) is 0 Å². The number of nitrogens with one attached hydrogen (secondary N) is 1. The molecule has 0 aromatic carbocycles. The van der Waals surface area contributed by atoms with E-state index in [2.05, 4.69) is 15.3 Å². The second-order valence-corrected chi connectivity index (χ2v) is 4.34. The van der Waals surface area contributed by atoms with E-state index in [-0.39, 0.29) is 13.0 Å². The normalized spacial score (nSPS) is 12.2. The smallest absolute Gasteiger partial charge is 0.408 e. The van der Waals surface area contributed by atoms with Gasteiger partial charge in [-0.15, -0.1) is 0 Å². The first-order valence-corrected chi connectivity index (χ1v) is 5.06. The molecule has 1 atom stereocenters. The molecule has 17 heavy (non-hydrogen) atoms. The lowest BCUT2D eigenvalue weighted by atomic mass is 10.2. The highest BCUT2D eigenvalue weighted by Crippen LogP contribution is 2.07. The molecule has 3 N–H and O–H groups in total. The van der Waals surface area contributed by atoms with Crippen LogP contribution >= 0.6 is 0 Å². The van der Waals surface area contributed by atoms with Gasteiger partial charge in [0.2, 0.25) is 5.91 Å². The SMILES string of the molecule is CC(C)(C)OC(=O)N[C@@H](CCN=[N+]=[N-])C(N)=O. The molecule has 8 nitrogen and oxygen atoms in total. The van der Waals surface area contributed by atoms with Crippen molar-refractivity contribution in [2.45, 2.75) is 38.8 Å². The summed E-state index contributed by atoms with van der Waals surface area (Å²) in [5.74, 6) is -0.705. The van der Waals surface area contributed by atoms with Gasteiger partial charge in [-0.25, -0.2) is 4.79 Å². The van der Waals surface area contributed by atoms with Crippen molar-refractivity contribution in [2.24, 2.45) is 10.8 Å². The van der Waals surface area contributed by atoms with E-state index in [0.717, 1.165) is 0 Å². The molecular weight excluding hydrogens is 226 g/mol. The van der Waals surface area contributed by atoms with Crippen molar-refractivity contribution in [3.8, 4) is 0 Å². The van der Waals surface area contributed by atoms with Crippen molar-refractivity contribution in [3.05, 3.63) is 10.4 Å². The van der Waals surface area contributed by atoms with Gasteiger partial charge in [-0.2, -0.15) is 0 Å². The van der Waals surface area contributed by atoms with E-state index in [1.54, 1.807) is 20.8 Å². The Labute approximate surface area is 99.1 Å². The quantitative estimate of drug-likeness (QED) is 0.425. The Balaban J connectivity index is 4.30. The summed E-state index contributed by atoms with van der Waals surface area (Å²) >= 11 is 0. The van der Waals surface area contributed by atoms with E-state index in [9.17, 15) is 9.59 Å². The van der Waals surface area contributed by atoms with Gasteiger partial charge >= 0.3 is 6.09 Å². The zero-order valence-corrected chi connectivity index (χ0v) is 10.1. The zero-order valence-electron chi connectivity index (χ0n) is 10.1. The number of carbonyl (C=O) groups excluding carboxylic acids is 2. The minimum atomic E-state index is -0.907. The zero-order chi connectivity index (χ0) is 13.5. The standard InChI is InChI=1S/C9H17N5O3/c1-9(2,3)17-8(16)13-6(7(10)15)4-5-12-14-11/h6H,4-5H2,1-3H3,(H2,10,15)(H,13,16)/t6-/m0/s1. The number of nitrogens with two attached hydrogens (primary N) is 1. The molecule has 0 rings (SSSR count). The van der Waals surface area contributed by atoms with Crippen LogP contribution in [0.4, 0.5) is 4.79 Å². The molecule has 8 heteroatoms. The molecular formula is C9H17N5O3. The number of primary amides is 1. The van der Waals surface area contributed by atoms with Crippen LogP contribution in [0, 0.1) is 0 Å². The van der Waals surface area contributed by atoms with Gasteiger partial charge in [0.25, 0.3) is 0 Å². The molecule has 0 aliphatic heterocycles. The number of nitrogens with zero attached hydrogens (tertiary/aromatic N) is 3. The van der Waals surface area contributed by atoms with Gasteiger partial charge in [-0.05, 0) is 32.7 Å². The minimum absolute atomic E-state index is 0.0693. The van der Waals surface area contributed by atoms with E-state index in [1.165, 1.54) is 0 Å². The Morgan fingerprint density at radius 1 is 1.53 bits per heavy atom. The first kappa shape index (κ1) is 15.0. The van der Waals surface area contributed by atoms with Crippen LogP contribution < -0.4 is 11.1 Å². The third-order valence-corrected chi connectivity index (χ3v) is 1.62. The average Bonchev–Trinajstić information content (AvgIpc) is 2.13. The van der Waals surface area contributed by atoms with Crippen LogP contribution in [0.5, 0.6) is 0 Å². The van der Waals surface area contributed by atoms with Crippen LogP contribution in [0.15, 0.2) is 5.11 Å². The van der Waals surface area contributed by atoms with Crippen molar-refractivity contribution < 1.29 is 14.3 Å². The monoisotopic (exact) mass is 243 g/mol. The van der Waals surface area contributed by atoms with Crippen molar-refractivity contribution in [1.29, 1.82) is 0 Å². The van der Waals surface area contributed by atoms with Gasteiger partial charge < -0.3 is 15.8 Å². The van der Waals surface area contributed by atoms with Crippen molar-refractivity contribution >= 4 is 12.0 Å². The lowest BCUT2D eigenvalue weighted by Crippen LogP contribution is -2.46. The molecule has 0 heterocycles. The van der Waals surface area contributed by atoms with E-state index >= 15 is 0 Å². The third-order valence-electron chi connectivity index (χ3n) is 1.62. The second-order valence-electron chi connectivity index (χ2n) is 4.34. The number of hydrogen-bond donors (Lipinski definition) is 2. The van der Waals surface area contributed by atoms with E-state index in [0.29, 0.717) is 0 Å². The Kier molecular flexibility index (Phi) is 5.84. The van der Waals surface area contributed by atoms with Gasteiger partial charge in [0.15, 0.2) is 0 Å². The van der Waals surface area contributed by atoms with Gasteiger partial charge in [-0.3, -0.25) is 4.79 Å². The molecule has 0 unspecified atom stereocenters. The van der Waals surface area contributed by atoms with Crippen LogP contribution in [-0.2, 0) is 9.53 Å². The van der Waals surface area contributed by atoms with Crippen LogP contribution in [0.3, 0.4) is 0 Å². The van der Waals surface area contributed by atoms with Crippen LogP contribution in [0.25, 0.3) is 10.4 Å². The third kappa shape index (κ3) is 7.92. The molecule has 0 aromatic rings. The fourth-order valence-electron chi connectivity index (χ4n) is 0.967. The number of ether oxygens (including phenoxy) is 1. The summed E-state index contributed by atoms with van der Waals surface area (Å²) in [5, 5.41) is 5.57. The highest BCUT2D eigenvalue weighted by molar-refractivity contribution is 5.84. The minimum Gasteiger partial charge on any atom is -0.444 e. The van der Waals surface area contributed by atoms with Gasteiger partial charge in [0, 0.05) is 11.5 Å². The van der Waals surface area contributed by atoms with Crippen LogP contribution in [-0.4, -0.2) is 30.2 Å². The summed E-state index contributed by atoms with van der Waals surface area (Å²) in [6, 6.07) is -0.907. The molecule has 2 amide bonds. The summed E-state index contributed by atoms with van der Waals surface area (Å²) in [6.07, 6.45) is -0.597. The maximum atomic E-state index is 11.4. The molecule has 0 saturated heterocycles. The van der Waals surface area contributed by atoms with E-state index in [4.69, 9.17) is 16.0 Å². The molecule has 0 spiro atoms. The molecule has 0 radical (unpaired) electrons. The second kappa shape index (κ2) is 6.59. The highest BCUT2D eigenvalue weighted by atomic mass is 16.6. The fraction of sp³-hybridized carbons (Fsp3) is 0.778. The van der Waals surface area contributed by atoms with Crippen LogP contribution in [0.2, 0.25) is 0 Å². The highest BCUT2D eigenvalue weighted by Gasteiger charge is 2.22. The number of rotatable bonds is 5. The van der Waals surface area contributed by atoms with Crippen LogP contribution in [0.1, 0.15) is 27.2 Å². The number of amides is 2. The van der Waals surface area contributed by atoms with E-state index in [1.807, 2.05) is 0 Å². The van der Waals surface area contributed by atoms with Crippen molar-refractivity contribution in [2.75, 3.05) is 6.54 Å². The molecule has 96 valence electrons. The summed E-state index contributed by atoms with van der Waals surface area (Å²) in [6.45, 7) is 5.17. The lowest BCUT2D eigenvalue weighted by molar-refractivity contribution is -0.120. The summed E-state index contributed by atoms with van der Waals surface area (Å²) in [7, 11) is 0. The Morgan fingerprint density at radius 2 is 2.12 bits per heavy atom. The summed E-state index contributed by atoms with van der Waals surface area (Å²) in [5.41, 5.74) is 12.5. The molecule has 0 saturated carbocycles. The van der Waals surface area contributed by atoms with Gasteiger partial charge in [-0.1, -0.05) is 5.11 Å². The molecule has 0 bridgehead atoms. The lowest BCUT2D eigenvalue weighted by Gasteiger charge is -2.22. The first-order chi connectivity index (χ1) is 7.76. The predicted octanol–water partition coefficient (Wildman–Crippen LogP) is 1.07. The first-order valence-electron chi connectivity index (χ1n) is 5.06. The maximum Gasteiger partial charge on any atom is 0.408 e.